The third kappa shape index (κ3) is 4.22. The molecule has 26 heavy (non-hydrogen) atoms. The van der Waals surface area contributed by atoms with Crippen molar-refractivity contribution in [2.24, 2.45) is 0 Å². The Hall–Kier alpha value is -1.99. The van der Waals surface area contributed by atoms with E-state index in [0.29, 0.717) is 17.2 Å². The molecular formula is C19H23N3O2S2. The lowest BCUT2D eigenvalue weighted by Crippen LogP contribution is -2.25. The lowest BCUT2D eigenvalue weighted by Gasteiger charge is -2.07. The number of aromatic nitrogens is 2. The molecule has 0 radical (unpaired) electrons. The van der Waals surface area contributed by atoms with Crippen LogP contribution in [-0.2, 0) is 23.1 Å². The molecular weight excluding hydrogens is 366 g/mol. The lowest BCUT2D eigenvalue weighted by atomic mass is 10.1. The number of hydrogen-bond acceptors (Lipinski definition) is 4. The summed E-state index contributed by atoms with van der Waals surface area (Å²) in [6, 6.07) is 9.96. The second-order valence-electron chi connectivity index (χ2n) is 6.38. The lowest BCUT2D eigenvalue weighted by molar-refractivity contribution is 0.0956. The maximum atomic E-state index is 12.7. The van der Waals surface area contributed by atoms with Crippen molar-refractivity contribution in [2.75, 3.05) is 12.8 Å². The number of nitrogens with one attached hydrogen (secondary N) is 1. The Bertz CT molecular complexity index is 959. The number of carbonyl (C=O) groups is 1. The van der Waals surface area contributed by atoms with Gasteiger partial charge in [0.05, 0.1) is 16.3 Å². The van der Waals surface area contributed by atoms with Crippen LogP contribution in [0.3, 0.4) is 0 Å². The highest BCUT2D eigenvalue weighted by molar-refractivity contribution is 7.83. The highest BCUT2D eigenvalue weighted by Gasteiger charge is 2.18. The third-order valence-corrected chi connectivity index (χ3v) is 6.09. The van der Waals surface area contributed by atoms with Crippen LogP contribution < -0.4 is 5.32 Å². The van der Waals surface area contributed by atoms with Crippen LogP contribution in [0.25, 0.3) is 10.1 Å². The standard InChI is InChI=1S/C19H23N3O2S2/c1-13-11-14(2)22(21-13)10-6-9-20-19(23)18-16(12-26(3)24)15-7-4-5-8-17(15)25-18/h4-5,7-8,11H,6,9-10,12H2,1-3H3,(H,20,23)/t26-/m1/s1. The van der Waals surface area contributed by atoms with Crippen LogP contribution in [-0.4, -0.2) is 32.7 Å². The molecule has 0 saturated heterocycles. The zero-order chi connectivity index (χ0) is 18.7. The molecule has 5 nitrogen and oxygen atoms in total. The van der Waals surface area contributed by atoms with Gasteiger partial charge in [-0.2, -0.15) is 5.10 Å². The van der Waals surface area contributed by atoms with Crippen LogP contribution >= 0.6 is 11.3 Å². The Morgan fingerprint density at radius 2 is 2.08 bits per heavy atom. The van der Waals surface area contributed by atoms with Gasteiger partial charge in [0.25, 0.3) is 5.91 Å². The van der Waals surface area contributed by atoms with Crippen LogP contribution in [0.5, 0.6) is 0 Å². The van der Waals surface area contributed by atoms with Gasteiger partial charge in [-0.15, -0.1) is 11.3 Å². The molecule has 2 heterocycles. The number of fused-ring (bicyclic) bond motifs is 1. The van der Waals surface area contributed by atoms with Crippen molar-refractivity contribution in [3.8, 4) is 0 Å². The fourth-order valence-corrected chi connectivity index (χ4v) is 4.98. The van der Waals surface area contributed by atoms with Crippen molar-refractivity contribution in [2.45, 2.75) is 32.6 Å². The van der Waals surface area contributed by atoms with Crippen LogP contribution in [0.2, 0.25) is 0 Å². The quantitative estimate of drug-likeness (QED) is 0.630. The molecule has 0 aliphatic heterocycles. The van der Waals surface area contributed by atoms with E-state index in [0.717, 1.165) is 40.0 Å². The van der Waals surface area contributed by atoms with Crippen LogP contribution in [0.4, 0.5) is 0 Å². The predicted molar refractivity (Wildman–Crippen MR) is 108 cm³/mol. The number of nitrogens with zero attached hydrogens (tertiary/aromatic N) is 2. The SMILES string of the molecule is Cc1cc(C)n(CCCNC(=O)c2sc3ccccc3c2C[S@@](C)=O)n1. The van der Waals surface area contributed by atoms with E-state index < -0.39 is 10.8 Å². The van der Waals surface area contributed by atoms with Gasteiger partial charge in [-0.1, -0.05) is 18.2 Å². The van der Waals surface area contributed by atoms with Gasteiger partial charge < -0.3 is 5.32 Å². The Kier molecular flexibility index (Phi) is 5.88. The first-order valence-corrected chi connectivity index (χ1v) is 11.1. The number of hydrogen-bond donors (Lipinski definition) is 1. The third-order valence-electron chi connectivity index (χ3n) is 4.19. The summed E-state index contributed by atoms with van der Waals surface area (Å²) >= 11 is 1.47. The molecule has 0 aliphatic carbocycles. The summed E-state index contributed by atoms with van der Waals surface area (Å²) in [5.74, 6) is 0.318. The first-order chi connectivity index (χ1) is 12.5. The van der Waals surface area contributed by atoms with Gasteiger partial charge in [-0.25, -0.2) is 0 Å². The summed E-state index contributed by atoms with van der Waals surface area (Å²) in [7, 11) is -0.995. The second-order valence-corrected chi connectivity index (χ2v) is 8.87. The largest absolute Gasteiger partial charge is 0.351 e. The van der Waals surface area contributed by atoms with Gasteiger partial charge in [0, 0.05) is 40.5 Å². The number of thiophene rings is 1. The maximum absolute atomic E-state index is 12.7. The van der Waals surface area contributed by atoms with E-state index >= 15 is 0 Å². The van der Waals surface area contributed by atoms with Crippen molar-refractivity contribution in [3.63, 3.8) is 0 Å². The topological polar surface area (TPSA) is 64.0 Å². The molecule has 138 valence electrons. The number of carbonyl (C=O) groups excluding carboxylic acids is 1. The smallest absolute Gasteiger partial charge is 0.261 e. The molecule has 1 atom stereocenters. The average Bonchev–Trinajstić information content (AvgIpc) is 3.11. The van der Waals surface area contributed by atoms with Crippen LogP contribution in [0.15, 0.2) is 30.3 Å². The van der Waals surface area contributed by atoms with Gasteiger partial charge >= 0.3 is 0 Å². The molecule has 0 aliphatic rings. The molecule has 0 unspecified atom stereocenters. The highest BCUT2D eigenvalue weighted by atomic mass is 32.2. The Morgan fingerprint density at radius 1 is 1.31 bits per heavy atom. The van der Waals surface area contributed by atoms with E-state index in [-0.39, 0.29) is 5.91 Å². The minimum absolute atomic E-state index is 0.0833. The van der Waals surface area contributed by atoms with Crippen LogP contribution in [0.1, 0.15) is 33.0 Å². The molecule has 7 heteroatoms. The summed E-state index contributed by atoms with van der Waals surface area (Å²) in [4.78, 5) is 13.4. The zero-order valence-corrected chi connectivity index (χ0v) is 16.9. The molecule has 3 rings (SSSR count). The van der Waals surface area contributed by atoms with E-state index in [2.05, 4.69) is 10.4 Å². The zero-order valence-electron chi connectivity index (χ0n) is 15.2. The molecule has 0 spiro atoms. The van der Waals surface area contributed by atoms with Crippen molar-refractivity contribution >= 4 is 38.1 Å². The Balaban J connectivity index is 1.67. The molecule has 1 aromatic carbocycles. The summed E-state index contributed by atoms with van der Waals surface area (Å²) in [5.41, 5.74) is 3.03. The summed E-state index contributed by atoms with van der Waals surface area (Å²) < 4.78 is 14.8. The molecule has 1 amide bonds. The van der Waals surface area contributed by atoms with Gasteiger partial charge in [-0.05, 0) is 43.4 Å². The maximum Gasteiger partial charge on any atom is 0.261 e. The highest BCUT2D eigenvalue weighted by Crippen LogP contribution is 2.32. The fraction of sp³-hybridized carbons (Fsp3) is 0.368. The van der Waals surface area contributed by atoms with Crippen molar-refractivity contribution in [1.82, 2.24) is 15.1 Å². The Labute approximate surface area is 159 Å². The molecule has 0 saturated carbocycles. The number of aryl methyl sites for hydroxylation is 3. The van der Waals surface area contributed by atoms with Crippen molar-refractivity contribution in [1.29, 1.82) is 0 Å². The minimum atomic E-state index is -0.995. The van der Waals surface area contributed by atoms with E-state index in [9.17, 15) is 9.00 Å². The summed E-state index contributed by atoms with van der Waals surface area (Å²) in [5, 5.41) is 8.46. The number of amides is 1. The van der Waals surface area contributed by atoms with E-state index in [1.165, 1.54) is 11.3 Å². The monoisotopic (exact) mass is 389 g/mol. The average molecular weight is 390 g/mol. The van der Waals surface area contributed by atoms with E-state index in [1.807, 2.05) is 48.9 Å². The normalized spacial score (nSPS) is 12.4. The molecule has 3 aromatic rings. The van der Waals surface area contributed by atoms with Gasteiger partial charge in [0.1, 0.15) is 0 Å². The number of rotatable bonds is 7. The summed E-state index contributed by atoms with van der Waals surface area (Å²) in [6.45, 7) is 5.37. The van der Waals surface area contributed by atoms with Gasteiger partial charge in [0.15, 0.2) is 0 Å². The minimum Gasteiger partial charge on any atom is -0.351 e. The van der Waals surface area contributed by atoms with Gasteiger partial charge in [-0.3, -0.25) is 13.7 Å². The molecule has 0 fully saturated rings. The second kappa shape index (κ2) is 8.14. The van der Waals surface area contributed by atoms with Crippen LogP contribution in [0, 0.1) is 13.8 Å². The molecule has 1 N–H and O–H groups in total. The molecule has 2 aromatic heterocycles. The van der Waals surface area contributed by atoms with Crippen molar-refractivity contribution in [3.05, 3.63) is 52.2 Å². The Morgan fingerprint density at radius 3 is 2.77 bits per heavy atom. The predicted octanol–water partition coefficient (Wildman–Crippen LogP) is 3.41. The van der Waals surface area contributed by atoms with Gasteiger partial charge in [0.2, 0.25) is 0 Å². The molecule has 0 bridgehead atoms. The van der Waals surface area contributed by atoms with E-state index in [4.69, 9.17) is 0 Å². The first kappa shape index (κ1) is 18.8. The number of benzene rings is 1. The summed E-state index contributed by atoms with van der Waals surface area (Å²) in [6.07, 6.45) is 2.48. The van der Waals surface area contributed by atoms with E-state index in [1.54, 1.807) is 6.26 Å². The van der Waals surface area contributed by atoms with Crippen molar-refractivity contribution < 1.29 is 9.00 Å². The first-order valence-electron chi connectivity index (χ1n) is 8.55. The fourth-order valence-electron chi connectivity index (χ4n) is 3.04.